The molecule has 1 aromatic carbocycles. The van der Waals surface area contributed by atoms with E-state index < -0.39 is 5.60 Å². The van der Waals surface area contributed by atoms with Crippen molar-refractivity contribution >= 4 is 34.4 Å². The van der Waals surface area contributed by atoms with Gasteiger partial charge in [-0.05, 0) is 82.0 Å². The molecule has 4 aromatic rings. The number of allylic oxidation sites excluding steroid dienone is 2. The monoisotopic (exact) mass is 578 g/mol. The Kier molecular flexibility index (Phi) is 5.62. The first-order chi connectivity index (χ1) is 20.7. The van der Waals surface area contributed by atoms with E-state index in [9.17, 15) is 9.59 Å². The molecule has 1 aliphatic carbocycles. The summed E-state index contributed by atoms with van der Waals surface area (Å²) in [7, 11) is 2.18. The Morgan fingerprint density at radius 1 is 1.05 bits per heavy atom. The summed E-state index contributed by atoms with van der Waals surface area (Å²) in [4.78, 5) is 45.3. The number of pyridine rings is 1. The van der Waals surface area contributed by atoms with Crippen LogP contribution in [0.25, 0.3) is 16.9 Å². The first kappa shape index (κ1) is 26.1. The van der Waals surface area contributed by atoms with E-state index in [2.05, 4.69) is 40.4 Å². The Hall–Kier alpha value is -4.51. The van der Waals surface area contributed by atoms with Gasteiger partial charge in [0.25, 0.3) is 11.5 Å². The molecule has 0 saturated heterocycles. The van der Waals surface area contributed by atoms with Crippen LogP contribution < -0.4 is 20.5 Å². The van der Waals surface area contributed by atoms with Gasteiger partial charge in [-0.3, -0.25) is 14.5 Å². The van der Waals surface area contributed by atoms with Crippen molar-refractivity contribution in [1.82, 2.24) is 29.2 Å². The predicted molar refractivity (Wildman–Crippen MR) is 163 cm³/mol. The maximum atomic E-state index is 13.6. The first-order valence-electron chi connectivity index (χ1n) is 15.0. The van der Waals surface area contributed by atoms with Gasteiger partial charge in [-0.25, -0.2) is 19.3 Å². The minimum Gasteiger partial charge on any atom is -0.474 e. The molecule has 6 heterocycles. The number of carbonyl (C=O) groups excluding carboxylic acids is 1. The Morgan fingerprint density at radius 3 is 2.74 bits per heavy atom. The number of hydrogen-bond donors (Lipinski definition) is 1. The van der Waals surface area contributed by atoms with Crippen molar-refractivity contribution in [2.75, 3.05) is 30.4 Å². The van der Waals surface area contributed by atoms with Gasteiger partial charge in [0.2, 0.25) is 5.95 Å². The van der Waals surface area contributed by atoms with E-state index in [-0.39, 0.29) is 11.5 Å². The first-order valence-corrected chi connectivity index (χ1v) is 15.0. The molecule has 1 fully saturated rings. The summed E-state index contributed by atoms with van der Waals surface area (Å²) in [6, 6.07) is 10.1. The van der Waals surface area contributed by atoms with E-state index in [1.54, 1.807) is 40.4 Å². The largest absolute Gasteiger partial charge is 0.474 e. The molecule has 1 spiro atoms. The van der Waals surface area contributed by atoms with E-state index in [4.69, 9.17) is 14.7 Å². The zero-order chi connectivity index (χ0) is 29.5. The van der Waals surface area contributed by atoms with Crippen molar-refractivity contribution in [1.29, 1.82) is 0 Å². The SMILES string of the molecule is CN1Cc2cc(Nc3ncc4c(=O)n5n(c4n3)-c3ccc4c(n3)N(CCC/C=C\C5)C(=O)C(C)(C)O4)ccc2C2(CC2)C1. The van der Waals surface area contributed by atoms with Crippen LogP contribution in [0.1, 0.15) is 50.7 Å². The maximum absolute atomic E-state index is 13.6. The van der Waals surface area contributed by atoms with E-state index >= 15 is 0 Å². The molecule has 11 heteroatoms. The van der Waals surface area contributed by atoms with Crippen LogP contribution in [0.3, 0.4) is 0 Å². The van der Waals surface area contributed by atoms with Gasteiger partial charge in [-0.1, -0.05) is 18.2 Å². The fourth-order valence-corrected chi connectivity index (χ4v) is 6.89. The lowest BCUT2D eigenvalue weighted by Crippen LogP contribution is -2.53. The molecular weight excluding hydrogens is 544 g/mol. The third-order valence-electron chi connectivity index (χ3n) is 9.09. The normalized spacial score (nSPS) is 20.9. The van der Waals surface area contributed by atoms with Crippen LogP contribution in [-0.4, -0.2) is 60.9 Å². The second-order valence-electron chi connectivity index (χ2n) is 12.8. The number of ether oxygens (including phenoxy) is 1. The topological polar surface area (TPSA) is 110 Å². The van der Waals surface area contributed by atoms with E-state index in [1.807, 2.05) is 18.2 Å². The van der Waals surface area contributed by atoms with Crippen LogP contribution in [0.4, 0.5) is 17.5 Å². The number of rotatable bonds is 2. The van der Waals surface area contributed by atoms with E-state index in [0.717, 1.165) is 31.6 Å². The average Bonchev–Trinajstić information content (AvgIpc) is 3.67. The van der Waals surface area contributed by atoms with Gasteiger partial charge in [-0.2, -0.15) is 4.98 Å². The van der Waals surface area contributed by atoms with Crippen molar-refractivity contribution in [2.45, 2.75) is 63.6 Å². The minimum absolute atomic E-state index is 0.141. The smallest absolute Gasteiger partial charge is 0.278 e. The molecule has 220 valence electrons. The number of likely N-dealkylation sites (N-methyl/N-ethyl adjacent to an activating group) is 1. The fourth-order valence-electron chi connectivity index (χ4n) is 6.89. The van der Waals surface area contributed by atoms with Gasteiger partial charge in [-0.15, -0.1) is 0 Å². The zero-order valence-electron chi connectivity index (χ0n) is 24.6. The van der Waals surface area contributed by atoms with E-state index in [0.29, 0.717) is 52.9 Å². The second-order valence-corrected chi connectivity index (χ2v) is 12.8. The molecule has 11 nitrogen and oxygen atoms in total. The van der Waals surface area contributed by atoms with Crippen LogP contribution in [0.15, 0.2) is 53.5 Å². The number of benzene rings is 1. The number of anilines is 3. The number of fused-ring (bicyclic) bond motifs is 7. The molecule has 0 unspecified atom stereocenters. The van der Waals surface area contributed by atoms with Crippen LogP contribution in [-0.2, 0) is 23.3 Å². The Balaban J connectivity index is 1.23. The lowest BCUT2D eigenvalue weighted by atomic mass is 9.87. The number of carbonyl (C=O) groups is 1. The molecule has 0 atom stereocenters. The zero-order valence-corrected chi connectivity index (χ0v) is 24.6. The van der Waals surface area contributed by atoms with Gasteiger partial charge in [0.1, 0.15) is 5.39 Å². The summed E-state index contributed by atoms with van der Waals surface area (Å²) >= 11 is 0. The highest BCUT2D eigenvalue weighted by Crippen LogP contribution is 2.52. The van der Waals surface area contributed by atoms with Crippen LogP contribution in [0.5, 0.6) is 5.75 Å². The number of hydrogen-bond acceptors (Lipinski definition) is 8. The molecule has 1 amide bonds. The van der Waals surface area contributed by atoms with Gasteiger partial charge >= 0.3 is 0 Å². The summed E-state index contributed by atoms with van der Waals surface area (Å²) in [5, 5.41) is 3.77. The molecule has 2 bridgehead atoms. The quantitative estimate of drug-likeness (QED) is 0.355. The van der Waals surface area contributed by atoms with Crippen molar-refractivity contribution < 1.29 is 9.53 Å². The maximum Gasteiger partial charge on any atom is 0.278 e. The van der Waals surface area contributed by atoms with Gasteiger partial charge in [0, 0.05) is 36.9 Å². The molecule has 3 aromatic heterocycles. The standard InChI is InChI=1S/C32H34N8O3/c1-31(2)29(42)38-14-6-4-5-7-15-39-28(41)22-17-33-30(36-26(22)40(39)25-11-10-24(43-31)27(38)35-25)34-21-8-9-23-20(16-21)18-37(3)19-32(23)12-13-32/h5,7-11,16-17H,4,6,12-15,18-19H2,1-3H3,(H,33,34,36)/b7-5-. The Labute approximate surface area is 248 Å². The lowest BCUT2D eigenvalue weighted by Gasteiger charge is -2.38. The third-order valence-corrected chi connectivity index (χ3v) is 9.09. The molecular formula is C32H34N8O3. The molecule has 1 N–H and O–H groups in total. The van der Waals surface area contributed by atoms with Crippen molar-refractivity contribution in [3.63, 3.8) is 0 Å². The average molecular weight is 579 g/mol. The molecule has 0 radical (unpaired) electrons. The Bertz CT molecular complexity index is 1900. The van der Waals surface area contributed by atoms with Crippen molar-refractivity contribution in [2.24, 2.45) is 0 Å². The molecule has 3 aliphatic heterocycles. The summed E-state index contributed by atoms with van der Waals surface area (Å²) in [5.74, 6) is 1.71. The van der Waals surface area contributed by atoms with Gasteiger partial charge < -0.3 is 15.0 Å². The van der Waals surface area contributed by atoms with Crippen LogP contribution >= 0.6 is 0 Å². The number of amides is 1. The minimum atomic E-state index is -0.996. The van der Waals surface area contributed by atoms with Gasteiger partial charge in [0.15, 0.2) is 28.6 Å². The lowest BCUT2D eigenvalue weighted by molar-refractivity contribution is -0.132. The molecule has 43 heavy (non-hydrogen) atoms. The fraction of sp³-hybridized carbons (Fsp3) is 0.406. The number of nitrogens with zero attached hydrogens (tertiary/aromatic N) is 7. The third kappa shape index (κ3) is 4.16. The summed E-state index contributed by atoms with van der Waals surface area (Å²) < 4.78 is 9.39. The summed E-state index contributed by atoms with van der Waals surface area (Å²) in [6.45, 7) is 6.44. The molecule has 4 aliphatic rings. The van der Waals surface area contributed by atoms with E-state index in [1.165, 1.54) is 24.0 Å². The highest BCUT2D eigenvalue weighted by atomic mass is 16.5. The summed E-state index contributed by atoms with van der Waals surface area (Å²) in [6.07, 6.45) is 9.62. The summed E-state index contributed by atoms with van der Waals surface area (Å²) in [5.41, 5.74) is 3.24. The van der Waals surface area contributed by atoms with Crippen molar-refractivity contribution in [3.05, 3.63) is 70.2 Å². The Morgan fingerprint density at radius 2 is 1.91 bits per heavy atom. The number of nitrogens with one attached hydrogen (secondary N) is 1. The predicted octanol–water partition coefficient (Wildman–Crippen LogP) is 4.05. The van der Waals surface area contributed by atoms with Crippen LogP contribution in [0.2, 0.25) is 0 Å². The highest BCUT2D eigenvalue weighted by Gasteiger charge is 2.48. The number of aromatic nitrogens is 5. The highest BCUT2D eigenvalue weighted by molar-refractivity contribution is 6.01. The second kappa shape index (κ2) is 9.24. The molecule has 1 saturated carbocycles. The molecule has 8 rings (SSSR count). The van der Waals surface area contributed by atoms with Crippen LogP contribution in [0, 0.1) is 0 Å². The van der Waals surface area contributed by atoms with Gasteiger partial charge in [0.05, 0.1) is 6.54 Å². The van der Waals surface area contributed by atoms with Crippen molar-refractivity contribution in [3.8, 4) is 11.6 Å².